The van der Waals surface area contributed by atoms with Gasteiger partial charge < -0.3 is 10.1 Å². The molecule has 0 saturated heterocycles. The summed E-state index contributed by atoms with van der Waals surface area (Å²) in [5.41, 5.74) is 0.965. The Balaban J connectivity index is 2.94. The van der Waals surface area contributed by atoms with E-state index in [1.54, 1.807) is 7.11 Å². The average Bonchev–Trinajstić information content (AvgIpc) is 2.29. The van der Waals surface area contributed by atoms with Crippen LogP contribution in [-0.2, 0) is 9.84 Å². The van der Waals surface area contributed by atoms with Gasteiger partial charge in [-0.1, -0.05) is 22.0 Å². The lowest BCUT2D eigenvalue weighted by molar-refractivity contribution is 0.400. The van der Waals surface area contributed by atoms with Crippen molar-refractivity contribution in [3.63, 3.8) is 0 Å². The van der Waals surface area contributed by atoms with E-state index in [9.17, 15) is 8.42 Å². The Bertz CT molecular complexity index is 502. The largest absolute Gasteiger partial charge is 0.496 e. The van der Waals surface area contributed by atoms with E-state index in [0.717, 1.165) is 15.8 Å². The summed E-state index contributed by atoms with van der Waals surface area (Å²) < 4.78 is 28.7. The zero-order chi connectivity index (χ0) is 13.8. The third-order valence-corrected chi connectivity index (χ3v) is 4.17. The Kier molecular flexibility index (Phi) is 5.62. The van der Waals surface area contributed by atoms with Crippen molar-refractivity contribution in [2.75, 3.05) is 26.2 Å². The third-order valence-electron chi connectivity index (χ3n) is 2.70. The van der Waals surface area contributed by atoms with E-state index in [4.69, 9.17) is 4.74 Å². The van der Waals surface area contributed by atoms with Crippen LogP contribution in [0.4, 0.5) is 0 Å². The summed E-state index contributed by atoms with van der Waals surface area (Å²) in [6.45, 7) is 0. The van der Waals surface area contributed by atoms with E-state index >= 15 is 0 Å². The van der Waals surface area contributed by atoms with Crippen LogP contribution >= 0.6 is 15.9 Å². The normalized spacial score (nSPS) is 13.3. The van der Waals surface area contributed by atoms with Crippen LogP contribution in [0.3, 0.4) is 0 Å². The van der Waals surface area contributed by atoms with Gasteiger partial charge in [-0.25, -0.2) is 8.42 Å². The first-order valence-electron chi connectivity index (χ1n) is 5.56. The summed E-state index contributed by atoms with van der Waals surface area (Å²) in [4.78, 5) is 0. The lowest BCUT2D eigenvalue weighted by Gasteiger charge is -2.19. The first-order chi connectivity index (χ1) is 8.37. The van der Waals surface area contributed by atoms with Gasteiger partial charge in [-0.2, -0.15) is 0 Å². The Labute approximate surface area is 117 Å². The monoisotopic (exact) mass is 335 g/mol. The maximum absolute atomic E-state index is 11.2. The van der Waals surface area contributed by atoms with E-state index in [-0.39, 0.29) is 11.8 Å². The van der Waals surface area contributed by atoms with Crippen LogP contribution in [0.1, 0.15) is 18.0 Å². The van der Waals surface area contributed by atoms with Gasteiger partial charge in [0.1, 0.15) is 15.6 Å². The van der Waals surface area contributed by atoms with Crippen molar-refractivity contribution < 1.29 is 13.2 Å². The highest BCUT2D eigenvalue weighted by molar-refractivity contribution is 9.10. The number of halogens is 1. The van der Waals surface area contributed by atoms with Gasteiger partial charge in [0.05, 0.1) is 12.9 Å². The lowest BCUT2D eigenvalue weighted by Crippen LogP contribution is -2.20. The van der Waals surface area contributed by atoms with Gasteiger partial charge in [-0.05, 0) is 25.6 Å². The molecule has 0 radical (unpaired) electrons. The zero-order valence-electron chi connectivity index (χ0n) is 10.7. The summed E-state index contributed by atoms with van der Waals surface area (Å²) in [6, 6.07) is 5.69. The molecule has 0 amide bonds. The molecule has 1 aromatic rings. The Morgan fingerprint density at radius 1 is 1.44 bits per heavy atom. The highest BCUT2D eigenvalue weighted by atomic mass is 79.9. The molecule has 0 spiro atoms. The fraction of sp³-hybridized carbons (Fsp3) is 0.500. The second-order valence-electron chi connectivity index (χ2n) is 4.15. The maximum atomic E-state index is 11.2. The van der Waals surface area contributed by atoms with Crippen LogP contribution in [0.15, 0.2) is 22.7 Å². The SMILES string of the molecule is CNC(CCS(C)(=O)=O)c1ccc(Br)cc1OC. The quantitative estimate of drug-likeness (QED) is 0.865. The molecule has 6 heteroatoms. The van der Waals surface area contributed by atoms with E-state index in [1.807, 2.05) is 25.2 Å². The van der Waals surface area contributed by atoms with Crippen molar-refractivity contribution in [1.82, 2.24) is 5.32 Å². The minimum Gasteiger partial charge on any atom is -0.496 e. The predicted octanol–water partition coefficient (Wildman–Crippen LogP) is 2.15. The number of nitrogens with one attached hydrogen (secondary N) is 1. The van der Waals surface area contributed by atoms with Gasteiger partial charge in [0.15, 0.2) is 0 Å². The summed E-state index contributed by atoms with van der Waals surface area (Å²) >= 11 is 3.38. The van der Waals surface area contributed by atoms with E-state index in [2.05, 4.69) is 21.2 Å². The Hall–Kier alpha value is -0.590. The van der Waals surface area contributed by atoms with Gasteiger partial charge in [-0.3, -0.25) is 0 Å². The summed E-state index contributed by atoms with van der Waals surface area (Å²) in [5, 5.41) is 3.13. The molecular weight excluding hydrogens is 318 g/mol. The van der Waals surface area contributed by atoms with Crippen molar-refractivity contribution >= 4 is 25.8 Å². The second kappa shape index (κ2) is 6.54. The number of rotatable bonds is 6. The summed E-state index contributed by atoms with van der Waals surface area (Å²) in [5.74, 6) is 0.898. The van der Waals surface area contributed by atoms with Gasteiger partial charge in [0, 0.05) is 22.3 Å². The molecule has 0 aromatic heterocycles. The Morgan fingerprint density at radius 3 is 2.61 bits per heavy atom. The van der Waals surface area contributed by atoms with Crippen LogP contribution in [0.5, 0.6) is 5.75 Å². The van der Waals surface area contributed by atoms with Crippen molar-refractivity contribution in [3.05, 3.63) is 28.2 Å². The molecule has 1 rings (SSSR count). The second-order valence-corrected chi connectivity index (χ2v) is 7.32. The van der Waals surface area contributed by atoms with E-state index in [1.165, 1.54) is 6.26 Å². The number of sulfone groups is 1. The fourth-order valence-corrected chi connectivity index (χ4v) is 2.76. The van der Waals surface area contributed by atoms with Crippen molar-refractivity contribution in [3.8, 4) is 5.75 Å². The first kappa shape index (κ1) is 15.5. The summed E-state index contributed by atoms with van der Waals surface area (Å²) in [6.07, 6.45) is 1.77. The van der Waals surface area contributed by atoms with Gasteiger partial charge in [0.25, 0.3) is 0 Å². The number of ether oxygens (including phenoxy) is 1. The molecular formula is C12H18BrNO3S. The van der Waals surface area contributed by atoms with Crippen molar-refractivity contribution in [2.24, 2.45) is 0 Å². The number of benzene rings is 1. The van der Waals surface area contributed by atoms with Gasteiger partial charge in [0.2, 0.25) is 0 Å². The zero-order valence-corrected chi connectivity index (χ0v) is 13.1. The number of methoxy groups -OCH3 is 1. The third kappa shape index (κ3) is 4.59. The molecule has 18 heavy (non-hydrogen) atoms. The smallest absolute Gasteiger partial charge is 0.147 e. The molecule has 0 aliphatic carbocycles. The fourth-order valence-electron chi connectivity index (χ4n) is 1.76. The molecule has 4 nitrogen and oxygen atoms in total. The molecule has 1 unspecified atom stereocenters. The molecule has 0 bridgehead atoms. The number of hydrogen-bond acceptors (Lipinski definition) is 4. The van der Waals surface area contributed by atoms with Crippen molar-refractivity contribution in [2.45, 2.75) is 12.5 Å². The topological polar surface area (TPSA) is 55.4 Å². The highest BCUT2D eigenvalue weighted by Gasteiger charge is 2.16. The van der Waals surface area contributed by atoms with Crippen LogP contribution in [0.25, 0.3) is 0 Å². The Morgan fingerprint density at radius 2 is 2.11 bits per heavy atom. The molecule has 0 saturated carbocycles. The average molecular weight is 336 g/mol. The van der Waals surface area contributed by atoms with Crippen LogP contribution in [0, 0.1) is 0 Å². The molecule has 1 N–H and O–H groups in total. The summed E-state index contributed by atoms with van der Waals surface area (Å²) in [7, 11) is 0.465. The molecule has 0 aliphatic heterocycles. The molecule has 0 fully saturated rings. The molecule has 0 aliphatic rings. The standard InChI is InChI=1S/C12H18BrNO3S/c1-14-11(6-7-18(3,15)16)10-5-4-9(13)8-12(10)17-2/h4-5,8,11,14H,6-7H2,1-3H3. The lowest BCUT2D eigenvalue weighted by atomic mass is 10.0. The molecule has 1 aromatic carbocycles. The minimum absolute atomic E-state index is 0.0391. The molecule has 1 atom stereocenters. The molecule has 102 valence electrons. The molecule has 0 heterocycles. The maximum Gasteiger partial charge on any atom is 0.147 e. The number of hydrogen-bond donors (Lipinski definition) is 1. The van der Waals surface area contributed by atoms with Crippen LogP contribution < -0.4 is 10.1 Å². The highest BCUT2D eigenvalue weighted by Crippen LogP contribution is 2.30. The van der Waals surface area contributed by atoms with Gasteiger partial charge in [-0.15, -0.1) is 0 Å². The van der Waals surface area contributed by atoms with Crippen LogP contribution in [-0.4, -0.2) is 34.6 Å². The van der Waals surface area contributed by atoms with E-state index < -0.39 is 9.84 Å². The van der Waals surface area contributed by atoms with Crippen molar-refractivity contribution in [1.29, 1.82) is 0 Å². The first-order valence-corrected chi connectivity index (χ1v) is 8.41. The predicted molar refractivity (Wildman–Crippen MR) is 76.8 cm³/mol. The van der Waals surface area contributed by atoms with E-state index in [0.29, 0.717) is 6.42 Å². The minimum atomic E-state index is -2.96. The van der Waals surface area contributed by atoms with Crippen LogP contribution in [0.2, 0.25) is 0 Å². The van der Waals surface area contributed by atoms with Gasteiger partial charge >= 0.3 is 0 Å².